The zero-order valence-corrected chi connectivity index (χ0v) is 8.82. The van der Waals surface area contributed by atoms with Crippen molar-refractivity contribution in [2.24, 2.45) is 0 Å². The lowest BCUT2D eigenvalue weighted by Crippen LogP contribution is -2.18. The lowest BCUT2D eigenvalue weighted by molar-refractivity contribution is 0.647. The minimum Gasteiger partial charge on any atom is -0.308 e. The molecule has 78 valence electrons. The second kappa shape index (κ2) is 3.74. The van der Waals surface area contributed by atoms with E-state index in [-0.39, 0.29) is 0 Å². The number of anilines is 1. The number of benzene rings is 1. The summed E-state index contributed by atoms with van der Waals surface area (Å²) in [6, 6.07) is 10.3. The van der Waals surface area contributed by atoms with E-state index in [9.17, 15) is 0 Å². The van der Waals surface area contributed by atoms with Gasteiger partial charge in [-0.25, -0.2) is 0 Å². The summed E-state index contributed by atoms with van der Waals surface area (Å²) in [5, 5.41) is 0. The van der Waals surface area contributed by atoms with Gasteiger partial charge in [0.15, 0.2) is 0 Å². The Hall–Kier alpha value is -2.22. The maximum absolute atomic E-state index is 2.17. The highest BCUT2D eigenvalue weighted by Crippen LogP contribution is 2.27. The second-order valence-electron chi connectivity index (χ2n) is 3.66. The summed E-state index contributed by atoms with van der Waals surface area (Å²) < 4.78 is 0. The molecule has 0 saturated carbocycles. The van der Waals surface area contributed by atoms with Crippen LogP contribution >= 0.6 is 0 Å². The molecule has 0 fully saturated rings. The van der Waals surface area contributed by atoms with E-state index in [2.05, 4.69) is 64.8 Å². The Morgan fingerprint density at radius 2 is 1.62 bits per heavy atom. The molecule has 0 spiro atoms. The molecular formula is C14H12N2. The van der Waals surface area contributed by atoms with Crippen LogP contribution in [0.15, 0.2) is 79.1 Å². The molecule has 0 radical (unpaired) electrons. The molecular weight excluding hydrogens is 196 g/mol. The molecule has 2 aliphatic heterocycles. The van der Waals surface area contributed by atoms with Crippen molar-refractivity contribution in [3.63, 3.8) is 0 Å². The molecule has 0 atom stereocenters. The topological polar surface area (TPSA) is 6.48 Å². The van der Waals surface area contributed by atoms with Crippen LogP contribution in [0.3, 0.4) is 0 Å². The third kappa shape index (κ3) is 1.44. The molecule has 1 aromatic rings. The van der Waals surface area contributed by atoms with Crippen LogP contribution in [0.5, 0.6) is 0 Å². The van der Waals surface area contributed by atoms with Crippen LogP contribution in [0.2, 0.25) is 0 Å². The standard InChI is InChI=1S/C14H12N2/c1-3-7-13(8-4-1)16-12-11-15-10-6-2-5-9-14(15)16/h1-12H. The molecule has 0 aliphatic carbocycles. The summed E-state index contributed by atoms with van der Waals surface area (Å²) in [6.45, 7) is 0. The van der Waals surface area contributed by atoms with E-state index in [1.165, 1.54) is 5.69 Å². The maximum Gasteiger partial charge on any atom is 0.121 e. The van der Waals surface area contributed by atoms with Crippen molar-refractivity contribution < 1.29 is 0 Å². The molecule has 16 heavy (non-hydrogen) atoms. The highest BCUT2D eigenvalue weighted by molar-refractivity contribution is 5.58. The van der Waals surface area contributed by atoms with Crippen molar-refractivity contribution >= 4 is 5.69 Å². The van der Waals surface area contributed by atoms with Gasteiger partial charge in [0.1, 0.15) is 5.82 Å². The molecule has 2 heteroatoms. The first-order valence-corrected chi connectivity index (χ1v) is 5.31. The number of hydrogen-bond acceptors (Lipinski definition) is 2. The van der Waals surface area contributed by atoms with Gasteiger partial charge in [-0.15, -0.1) is 0 Å². The number of fused-ring (bicyclic) bond motifs is 1. The van der Waals surface area contributed by atoms with E-state index in [0.717, 1.165) is 5.82 Å². The Balaban J connectivity index is 2.00. The van der Waals surface area contributed by atoms with Gasteiger partial charge in [-0.3, -0.25) is 0 Å². The second-order valence-corrected chi connectivity index (χ2v) is 3.66. The molecule has 0 N–H and O–H groups in total. The first kappa shape index (κ1) is 9.04. The quantitative estimate of drug-likeness (QED) is 0.699. The molecule has 0 saturated heterocycles. The normalized spacial score (nSPS) is 17.4. The largest absolute Gasteiger partial charge is 0.308 e. The van der Waals surface area contributed by atoms with E-state index in [4.69, 9.17) is 0 Å². The molecule has 0 amide bonds. The number of rotatable bonds is 1. The Labute approximate surface area is 95.1 Å². The third-order valence-electron chi connectivity index (χ3n) is 2.64. The van der Waals surface area contributed by atoms with E-state index in [0.29, 0.717) is 0 Å². The van der Waals surface area contributed by atoms with Crippen molar-refractivity contribution in [1.29, 1.82) is 0 Å². The molecule has 0 aromatic heterocycles. The van der Waals surface area contributed by atoms with E-state index in [1.807, 2.05) is 18.2 Å². The highest BCUT2D eigenvalue weighted by Gasteiger charge is 2.18. The Morgan fingerprint density at radius 3 is 2.50 bits per heavy atom. The summed E-state index contributed by atoms with van der Waals surface area (Å²) >= 11 is 0. The van der Waals surface area contributed by atoms with Gasteiger partial charge in [-0.1, -0.05) is 30.4 Å². The van der Waals surface area contributed by atoms with Crippen molar-refractivity contribution in [3.05, 3.63) is 79.1 Å². The highest BCUT2D eigenvalue weighted by atomic mass is 15.4. The molecule has 2 heterocycles. The van der Waals surface area contributed by atoms with E-state index < -0.39 is 0 Å². The van der Waals surface area contributed by atoms with Gasteiger partial charge in [0, 0.05) is 24.3 Å². The Kier molecular flexibility index (Phi) is 2.11. The van der Waals surface area contributed by atoms with Gasteiger partial charge in [0.05, 0.1) is 0 Å². The lowest BCUT2D eigenvalue weighted by atomic mass is 10.3. The smallest absolute Gasteiger partial charge is 0.121 e. The minimum atomic E-state index is 1.15. The van der Waals surface area contributed by atoms with Crippen molar-refractivity contribution in [3.8, 4) is 0 Å². The van der Waals surface area contributed by atoms with Gasteiger partial charge in [-0.05, 0) is 24.3 Å². The van der Waals surface area contributed by atoms with Crippen LogP contribution in [-0.4, -0.2) is 4.90 Å². The van der Waals surface area contributed by atoms with Gasteiger partial charge >= 0.3 is 0 Å². The molecule has 0 bridgehead atoms. The summed E-state index contributed by atoms with van der Waals surface area (Å²) in [5.74, 6) is 1.15. The van der Waals surface area contributed by atoms with Gasteiger partial charge in [-0.2, -0.15) is 0 Å². The van der Waals surface area contributed by atoms with Crippen molar-refractivity contribution in [2.45, 2.75) is 0 Å². The minimum absolute atomic E-state index is 1.15. The average molecular weight is 208 g/mol. The molecule has 3 rings (SSSR count). The van der Waals surface area contributed by atoms with Gasteiger partial charge in [0.2, 0.25) is 0 Å². The molecule has 2 nitrogen and oxygen atoms in total. The van der Waals surface area contributed by atoms with Crippen LogP contribution in [0.25, 0.3) is 0 Å². The predicted molar refractivity (Wildman–Crippen MR) is 66.3 cm³/mol. The number of hydrogen-bond donors (Lipinski definition) is 0. The van der Waals surface area contributed by atoms with Crippen molar-refractivity contribution in [1.82, 2.24) is 4.90 Å². The monoisotopic (exact) mass is 208 g/mol. The Bertz CT molecular complexity index is 495. The van der Waals surface area contributed by atoms with Crippen LogP contribution in [0, 0.1) is 0 Å². The first-order chi connectivity index (χ1) is 7.95. The van der Waals surface area contributed by atoms with E-state index in [1.54, 1.807) is 0 Å². The summed E-state index contributed by atoms with van der Waals surface area (Å²) in [5.41, 5.74) is 1.18. The predicted octanol–water partition coefficient (Wildman–Crippen LogP) is 3.20. The molecule has 0 unspecified atom stereocenters. The summed E-state index contributed by atoms with van der Waals surface area (Å²) in [7, 11) is 0. The van der Waals surface area contributed by atoms with Crippen LogP contribution in [-0.2, 0) is 0 Å². The van der Waals surface area contributed by atoms with E-state index >= 15 is 0 Å². The van der Waals surface area contributed by atoms with Crippen LogP contribution < -0.4 is 4.90 Å². The maximum atomic E-state index is 2.17. The fourth-order valence-corrected chi connectivity index (χ4v) is 1.86. The summed E-state index contributed by atoms with van der Waals surface area (Å²) in [6.07, 6.45) is 14.4. The fourth-order valence-electron chi connectivity index (χ4n) is 1.86. The SMILES string of the molecule is C1=CC=C2N(C=C1)C=CN2c1ccccc1. The van der Waals surface area contributed by atoms with Gasteiger partial charge in [0.25, 0.3) is 0 Å². The third-order valence-corrected chi connectivity index (χ3v) is 2.64. The fraction of sp³-hybridized carbons (Fsp3) is 0. The zero-order valence-electron chi connectivity index (χ0n) is 8.82. The van der Waals surface area contributed by atoms with Gasteiger partial charge < -0.3 is 9.80 Å². The molecule has 2 aliphatic rings. The average Bonchev–Trinajstić information content (AvgIpc) is 2.60. The lowest BCUT2D eigenvalue weighted by Gasteiger charge is -2.21. The first-order valence-electron chi connectivity index (χ1n) is 5.31. The van der Waals surface area contributed by atoms with Crippen LogP contribution in [0.1, 0.15) is 0 Å². The number of para-hydroxylation sites is 1. The number of allylic oxidation sites excluding steroid dienone is 4. The summed E-state index contributed by atoms with van der Waals surface area (Å²) in [4.78, 5) is 4.27. The Morgan fingerprint density at radius 1 is 0.750 bits per heavy atom. The van der Waals surface area contributed by atoms with Crippen molar-refractivity contribution in [2.75, 3.05) is 4.90 Å². The number of nitrogens with zero attached hydrogens (tertiary/aromatic N) is 2. The molecule has 1 aromatic carbocycles. The van der Waals surface area contributed by atoms with Crippen LogP contribution in [0.4, 0.5) is 5.69 Å². The zero-order chi connectivity index (χ0) is 10.8.